The Morgan fingerprint density at radius 2 is 2.07 bits per heavy atom. The van der Waals surface area contributed by atoms with Crippen LogP contribution in [-0.2, 0) is 4.52 Å². The lowest BCUT2D eigenvalue weighted by Gasteiger charge is -2.14. The standard InChI is InChI=1S/C8H20NO4P/c1-9-5-3-2-4-8(6-10)7-13-14(11)12/h8-12H,2-7H2,1H3. The van der Waals surface area contributed by atoms with Crippen LogP contribution in [0, 0.1) is 5.92 Å². The van der Waals surface area contributed by atoms with Crippen LogP contribution in [0.5, 0.6) is 0 Å². The number of nitrogens with one attached hydrogen (secondary N) is 1. The molecular formula is C8H20NO4P. The van der Waals surface area contributed by atoms with E-state index in [4.69, 9.17) is 14.9 Å². The zero-order chi connectivity index (χ0) is 10.8. The van der Waals surface area contributed by atoms with Gasteiger partial charge in [0.2, 0.25) is 0 Å². The SMILES string of the molecule is CNCCCCC(CO)COP(O)O. The highest BCUT2D eigenvalue weighted by Gasteiger charge is 2.10. The van der Waals surface area contributed by atoms with Gasteiger partial charge in [0, 0.05) is 12.5 Å². The summed E-state index contributed by atoms with van der Waals surface area (Å²) in [6.07, 6.45) is 2.91. The Morgan fingerprint density at radius 3 is 2.57 bits per heavy atom. The molecule has 86 valence electrons. The van der Waals surface area contributed by atoms with Crippen LogP contribution in [-0.4, -0.2) is 41.7 Å². The molecule has 1 unspecified atom stereocenters. The molecular weight excluding hydrogens is 205 g/mol. The predicted molar refractivity (Wildman–Crippen MR) is 55.7 cm³/mol. The second-order valence-electron chi connectivity index (χ2n) is 3.20. The fourth-order valence-corrected chi connectivity index (χ4v) is 1.48. The first-order chi connectivity index (χ1) is 6.70. The predicted octanol–water partition coefficient (Wildman–Crippen LogP) is 0.213. The van der Waals surface area contributed by atoms with E-state index in [1.165, 1.54) is 0 Å². The minimum atomic E-state index is -2.28. The number of aliphatic hydroxyl groups is 1. The molecule has 4 N–H and O–H groups in total. The molecule has 0 radical (unpaired) electrons. The van der Waals surface area contributed by atoms with E-state index in [9.17, 15) is 0 Å². The van der Waals surface area contributed by atoms with E-state index in [1.54, 1.807) is 0 Å². The van der Waals surface area contributed by atoms with Crippen molar-refractivity contribution in [2.45, 2.75) is 19.3 Å². The van der Waals surface area contributed by atoms with Crippen molar-refractivity contribution in [1.82, 2.24) is 5.32 Å². The van der Waals surface area contributed by atoms with Crippen LogP contribution >= 0.6 is 8.60 Å². The van der Waals surface area contributed by atoms with Crippen molar-refractivity contribution in [2.24, 2.45) is 5.92 Å². The van der Waals surface area contributed by atoms with Crippen LogP contribution in [0.25, 0.3) is 0 Å². The molecule has 0 aliphatic rings. The van der Waals surface area contributed by atoms with Crippen LogP contribution in [0.15, 0.2) is 0 Å². The fourth-order valence-electron chi connectivity index (χ4n) is 1.13. The second kappa shape index (κ2) is 9.77. The Hall–Kier alpha value is 0.230. The number of unbranched alkanes of at least 4 members (excludes halogenated alkanes) is 1. The van der Waals surface area contributed by atoms with Crippen molar-refractivity contribution < 1.29 is 19.4 Å². The maximum Gasteiger partial charge on any atom is 0.327 e. The highest BCUT2D eigenvalue weighted by Crippen LogP contribution is 2.26. The minimum Gasteiger partial charge on any atom is -0.396 e. The molecule has 0 bridgehead atoms. The Morgan fingerprint density at radius 1 is 1.36 bits per heavy atom. The smallest absolute Gasteiger partial charge is 0.327 e. The Balaban J connectivity index is 3.38. The Bertz CT molecular complexity index is 126. The zero-order valence-electron chi connectivity index (χ0n) is 8.52. The van der Waals surface area contributed by atoms with E-state index in [0.29, 0.717) is 0 Å². The van der Waals surface area contributed by atoms with Gasteiger partial charge in [0.1, 0.15) is 0 Å². The molecule has 14 heavy (non-hydrogen) atoms. The summed E-state index contributed by atoms with van der Waals surface area (Å²) in [6, 6.07) is 0. The fraction of sp³-hybridized carbons (Fsp3) is 1.00. The van der Waals surface area contributed by atoms with Gasteiger partial charge in [-0.25, -0.2) is 0 Å². The van der Waals surface area contributed by atoms with E-state index in [1.807, 2.05) is 7.05 Å². The van der Waals surface area contributed by atoms with Gasteiger partial charge < -0.3 is 24.7 Å². The van der Waals surface area contributed by atoms with Crippen LogP contribution in [0.1, 0.15) is 19.3 Å². The van der Waals surface area contributed by atoms with E-state index in [0.717, 1.165) is 25.8 Å². The van der Waals surface area contributed by atoms with Crippen molar-refractivity contribution in [3.8, 4) is 0 Å². The molecule has 1 atom stereocenters. The van der Waals surface area contributed by atoms with E-state index >= 15 is 0 Å². The quantitative estimate of drug-likeness (QED) is 0.333. The third kappa shape index (κ3) is 8.81. The molecule has 6 heteroatoms. The van der Waals surface area contributed by atoms with E-state index < -0.39 is 8.60 Å². The van der Waals surface area contributed by atoms with Crippen molar-refractivity contribution in [1.29, 1.82) is 0 Å². The summed E-state index contributed by atoms with van der Waals surface area (Å²) in [4.78, 5) is 17.0. The van der Waals surface area contributed by atoms with Crippen molar-refractivity contribution >= 4 is 8.60 Å². The Kier molecular flexibility index (Phi) is 9.93. The molecule has 0 saturated carbocycles. The highest BCUT2D eigenvalue weighted by atomic mass is 31.2. The summed E-state index contributed by atoms with van der Waals surface area (Å²) in [6.45, 7) is 1.21. The molecule has 0 aromatic carbocycles. The molecule has 0 aliphatic heterocycles. The second-order valence-corrected chi connectivity index (χ2v) is 3.96. The summed E-state index contributed by atoms with van der Waals surface area (Å²) in [5.41, 5.74) is 0. The lowest BCUT2D eigenvalue weighted by molar-refractivity contribution is 0.142. The van der Waals surface area contributed by atoms with Gasteiger partial charge >= 0.3 is 8.60 Å². The maximum absolute atomic E-state index is 8.94. The first-order valence-electron chi connectivity index (χ1n) is 4.77. The summed E-state index contributed by atoms with van der Waals surface area (Å²) < 4.78 is 4.65. The highest BCUT2D eigenvalue weighted by molar-refractivity contribution is 7.39. The summed E-state index contributed by atoms with van der Waals surface area (Å²) >= 11 is 0. The topological polar surface area (TPSA) is 82.0 Å². The maximum atomic E-state index is 8.94. The average molecular weight is 225 g/mol. The van der Waals surface area contributed by atoms with Gasteiger partial charge in [0.15, 0.2) is 0 Å². The van der Waals surface area contributed by atoms with Crippen LogP contribution < -0.4 is 5.32 Å². The van der Waals surface area contributed by atoms with E-state index in [2.05, 4.69) is 9.84 Å². The van der Waals surface area contributed by atoms with Crippen molar-refractivity contribution in [2.75, 3.05) is 26.8 Å². The lowest BCUT2D eigenvalue weighted by atomic mass is 10.0. The molecule has 0 amide bonds. The summed E-state index contributed by atoms with van der Waals surface area (Å²) in [7, 11) is -0.384. The zero-order valence-corrected chi connectivity index (χ0v) is 9.41. The number of rotatable bonds is 9. The Labute approximate surface area is 86.1 Å². The van der Waals surface area contributed by atoms with Crippen molar-refractivity contribution in [3.63, 3.8) is 0 Å². The minimum absolute atomic E-state index is 0.0103. The first-order valence-corrected chi connectivity index (χ1v) is 5.93. The van der Waals surface area contributed by atoms with Gasteiger partial charge in [-0.1, -0.05) is 6.42 Å². The molecule has 0 spiro atoms. The molecule has 0 heterocycles. The first kappa shape index (κ1) is 14.2. The van der Waals surface area contributed by atoms with Crippen LogP contribution in [0.2, 0.25) is 0 Å². The third-order valence-electron chi connectivity index (χ3n) is 1.97. The largest absolute Gasteiger partial charge is 0.396 e. The number of aliphatic hydroxyl groups excluding tert-OH is 1. The van der Waals surface area contributed by atoms with Gasteiger partial charge in [-0.3, -0.25) is 0 Å². The average Bonchev–Trinajstić information content (AvgIpc) is 2.16. The van der Waals surface area contributed by atoms with Crippen molar-refractivity contribution in [3.05, 3.63) is 0 Å². The normalized spacial score (nSPS) is 13.5. The molecule has 0 fully saturated rings. The van der Waals surface area contributed by atoms with Gasteiger partial charge in [0.25, 0.3) is 0 Å². The summed E-state index contributed by atoms with van der Waals surface area (Å²) in [5.74, 6) is 0.0103. The third-order valence-corrected chi connectivity index (χ3v) is 2.35. The molecule has 0 saturated heterocycles. The van der Waals surface area contributed by atoms with Crippen LogP contribution in [0.3, 0.4) is 0 Å². The molecule has 0 aromatic rings. The molecule has 0 aromatic heterocycles. The van der Waals surface area contributed by atoms with E-state index in [-0.39, 0.29) is 19.1 Å². The van der Waals surface area contributed by atoms with Crippen LogP contribution in [0.4, 0.5) is 0 Å². The van der Waals surface area contributed by atoms with Gasteiger partial charge in [-0.05, 0) is 26.4 Å². The molecule has 0 rings (SSSR count). The van der Waals surface area contributed by atoms with Gasteiger partial charge in [-0.15, -0.1) is 0 Å². The number of hydrogen-bond acceptors (Lipinski definition) is 5. The monoisotopic (exact) mass is 225 g/mol. The number of hydrogen-bond donors (Lipinski definition) is 4. The van der Waals surface area contributed by atoms with Gasteiger partial charge in [0.05, 0.1) is 6.61 Å². The molecule has 5 nitrogen and oxygen atoms in total. The summed E-state index contributed by atoms with van der Waals surface area (Å²) in [5, 5.41) is 12.0. The molecule has 0 aliphatic carbocycles. The van der Waals surface area contributed by atoms with Gasteiger partial charge in [-0.2, -0.15) is 0 Å². The lowest BCUT2D eigenvalue weighted by Crippen LogP contribution is -2.14.